The minimum atomic E-state index is 1.06. The van der Waals surface area contributed by atoms with E-state index in [9.17, 15) is 0 Å². The molecule has 42 heavy (non-hydrogen) atoms. The van der Waals surface area contributed by atoms with E-state index in [-0.39, 0.29) is 0 Å². The Balaban J connectivity index is 1.28. The van der Waals surface area contributed by atoms with Crippen LogP contribution in [0.3, 0.4) is 0 Å². The van der Waals surface area contributed by atoms with E-state index in [4.69, 9.17) is 0 Å². The van der Waals surface area contributed by atoms with Crippen LogP contribution in [0.15, 0.2) is 128 Å². The Morgan fingerprint density at radius 1 is 0.524 bits per heavy atom. The molecule has 0 spiro atoms. The molecular formula is C40H26N2. The largest absolute Gasteiger partial charge is 0.354 e. The van der Waals surface area contributed by atoms with Gasteiger partial charge < -0.3 is 9.55 Å². The van der Waals surface area contributed by atoms with Crippen LogP contribution in [0, 0.1) is 0 Å². The average molecular weight is 535 g/mol. The molecule has 0 bridgehead atoms. The Kier molecular flexibility index (Phi) is 4.66. The molecule has 0 atom stereocenters. The van der Waals surface area contributed by atoms with Crippen molar-refractivity contribution in [2.24, 2.45) is 0 Å². The van der Waals surface area contributed by atoms with Crippen LogP contribution in [0.4, 0.5) is 0 Å². The second kappa shape index (κ2) is 8.45. The maximum atomic E-state index is 4.17. The third-order valence-corrected chi connectivity index (χ3v) is 9.02. The lowest BCUT2D eigenvalue weighted by molar-refractivity contribution is 1.11. The fourth-order valence-corrected chi connectivity index (χ4v) is 7.23. The summed E-state index contributed by atoms with van der Waals surface area (Å²) in [7, 11) is 0. The van der Waals surface area contributed by atoms with Crippen molar-refractivity contribution >= 4 is 55.6 Å². The van der Waals surface area contributed by atoms with E-state index < -0.39 is 0 Å². The third-order valence-electron chi connectivity index (χ3n) is 9.02. The summed E-state index contributed by atoms with van der Waals surface area (Å²) in [5, 5.41) is 6.37. The van der Waals surface area contributed by atoms with E-state index in [0.29, 0.717) is 0 Å². The Morgan fingerprint density at radius 3 is 2.02 bits per heavy atom. The molecule has 0 saturated carbocycles. The van der Waals surface area contributed by atoms with Gasteiger partial charge >= 0.3 is 0 Å². The Morgan fingerprint density at radius 2 is 1.24 bits per heavy atom. The lowest BCUT2D eigenvalue weighted by Crippen LogP contribution is -1.96. The van der Waals surface area contributed by atoms with Crippen LogP contribution < -0.4 is 0 Å². The molecule has 2 heteroatoms. The molecular weight excluding hydrogens is 508 g/mol. The number of H-pyrrole nitrogens is 1. The van der Waals surface area contributed by atoms with E-state index in [1.54, 1.807) is 0 Å². The van der Waals surface area contributed by atoms with E-state index in [1.165, 1.54) is 65.8 Å². The van der Waals surface area contributed by atoms with Crippen molar-refractivity contribution < 1.29 is 0 Å². The number of hydrogen-bond donors (Lipinski definition) is 1. The van der Waals surface area contributed by atoms with Crippen molar-refractivity contribution in [1.82, 2.24) is 9.55 Å². The van der Waals surface area contributed by atoms with Gasteiger partial charge in [0.15, 0.2) is 0 Å². The SMILES string of the molecule is C=Cc1c(C=C)n(-c2ccccc2)c2ccc(-c3ccc4[nH]c5cc6c7c(cccc7c5c4c3)-c3ccccc3-6)cc12. The molecule has 1 N–H and O–H groups in total. The third kappa shape index (κ3) is 2.98. The van der Waals surface area contributed by atoms with Crippen LogP contribution in [0.1, 0.15) is 11.3 Å². The molecule has 196 valence electrons. The summed E-state index contributed by atoms with van der Waals surface area (Å²) < 4.78 is 2.27. The Bertz CT molecular complexity index is 2430. The highest BCUT2D eigenvalue weighted by Gasteiger charge is 2.23. The van der Waals surface area contributed by atoms with Gasteiger partial charge in [-0.3, -0.25) is 0 Å². The smallest absolute Gasteiger partial charge is 0.0541 e. The maximum absolute atomic E-state index is 4.17. The van der Waals surface area contributed by atoms with Crippen molar-refractivity contribution in [2.45, 2.75) is 0 Å². The summed E-state index contributed by atoms with van der Waals surface area (Å²) in [6.45, 7) is 8.31. The van der Waals surface area contributed by atoms with Gasteiger partial charge in [0.25, 0.3) is 0 Å². The van der Waals surface area contributed by atoms with Crippen LogP contribution >= 0.6 is 0 Å². The van der Waals surface area contributed by atoms with Crippen molar-refractivity contribution in [2.75, 3.05) is 0 Å². The van der Waals surface area contributed by atoms with Gasteiger partial charge in [-0.15, -0.1) is 0 Å². The summed E-state index contributed by atoms with van der Waals surface area (Å²) in [5.41, 5.74) is 14.4. The van der Waals surface area contributed by atoms with Crippen molar-refractivity contribution in [1.29, 1.82) is 0 Å². The first-order chi connectivity index (χ1) is 20.7. The van der Waals surface area contributed by atoms with Gasteiger partial charge in [-0.05, 0) is 92.7 Å². The molecule has 0 fully saturated rings. The average Bonchev–Trinajstić information content (AvgIpc) is 3.69. The lowest BCUT2D eigenvalue weighted by Gasteiger charge is -2.09. The molecule has 2 nitrogen and oxygen atoms in total. The molecule has 0 unspecified atom stereocenters. The van der Waals surface area contributed by atoms with Crippen molar-refractivity contribution in [3.05, 3.63) is 140 Å². The first kappa shape index (κ1) is 23.1. The van der Waals surface area contributed by atoms with Gasteiger partial charge in [0, 0.05) is 38.4 Å². The molecule has 6 aromatic carbocycles. The van der Waals surface area contributed by atoms with Gasteiger partial charge in [0.05, 0.1) is 11.2 Å². The van der Waals surface area contributed by atoms with Gasteiger partial charge in [-0.2, -0.15) is 0 Å². The molecule has 2 aromatic heterocycles. The fourth-order valence-electron chi connectivity index (χ4n) is 7.23. The van der Waals surface area contributed by atoms with Crippen LogP contribution in [-0.2, 0) is 0 Å². The highest BCUT2D eigenvalue weighted by atomic mass is 15.0. The van der Waals surface area contributed by atoms with Crippen LogP contribution in [-0.4, -0.2) is 9.55 Å². The predicted molar refractivity (Wildman–Crippen MR) is 180 cm³/mol. The number of hydrogen-bond acceptors (Lipinski definition) is 0. The van der Waals surface area contributed by atoms with Gasteiger partial charge in [0.2, 0.25) is 0 Å². The number of aromatic nitrogens is 2. The number of fused-ring (bicyclic) bond motifs is 8. The topological polar surface area (TPSA) is 20.7 Å². The molecule has 0 radical (unpaired) electrons. The molecule has 9 rings (SSSR count). The molecule has 2 heterocycles. The van der Waals surface area contributed by atoms with E-state index in [2.05, 4.69) is 132 Å². The highest BCUT2D eigenvalue weighted by molar-refractivity contribution is 6.28. The van der Waals surface area contributed by atoms with E-state index in [1.807, 2.05) is 18.2 Å². The summed E-state index contributed by atoms with van der Waals surface area (Å²) in [4.78, 5) is 3.73. The minimum absolute atomic E-state index is 1.06. The molecule has 0 aliphatic heterocycles. The number of nitrogens with zero attached hydrogens (tertiary/aromatic N) is 1. The highest BCUT2D eigenvalue weighted by Crippen LogP contribution is 2.50. The second-order valence-corrected chi connectivity index (χ2v) is 11.1. The molecule has 8 aromatic rings. The predicted octanol–water partition coefficient (Wildman–Crippen LogP) is 11.0. The zero-order chi connectivity index (χ0) is 27.9. The number of nitrogens with one attached hydrogen (secondary N) is 1. The number of rotatable bonds is 4. The quantitative estimate of drug-likeness (QED) is 0.232. The zero-order valence-corrected chi connectivity index (χ0v) is 23.0. The number of para-hydroxylation sites is 1. The normalized spacial score (nSPS) is 12.0. The lowest BCUT2D eigenvalue weighted by atomic mass is 9.96. The standard InChI is InChI=1S/C40H26N2/c1-3-27-32-21-25(18-20-38(32)42(37(27)4-2)26-11-6-5-7-12-26)24-17-19-35-34(22-24)40-31-16-10-15-30-28-13-8-9-14-29(28)33(39(30)31)23-36(40)41-35/h3-23,41H,1-2H2. The maximum Gasteiger partial charge on any atom is 0.0541 e. The van der Waals surface area contributed by atoms with Crippen LogP contribution in [0.5, 0.6) is 0 Å². The Hall–Kier alpha value is -5.60. The summed E-state index contributed by atoms with van der Waals surface area (Å²) in [6, 6.07) is 41.9. The van der Waals surface area contributed by atoms with Crippen molar-refractivity contribution in [3.8, 4) is 39.1 Å². The summed E-state index contributed by atoms with van der Waals surface area (Å²) in [6.07, 6.45) is 3.88. The van der Waals surface area contributed by atoms with E-state index in [0.717, 1.165) is 28.0 Å². The molecule has 0 saturated heterocycles. The zero-order valence-electron chi connectivity index (χ0n) is 23.0. The molecule has 1 aliphatic rings. The number of aromatic amines is 1. The monoisotopic (exact) mass is 534 g/mol. The number of benzene rings is 6. The van der Waals surface area contributed by atoms with E-state index >= 15 is 0 Å². The first-order valence-electron chi connectivity index (χ1n) is 14.4. The van der Waals surface area contributed by atoms with Crippen LogP contribution in [0.25, 0.3) is 94.7 Å². The second-order valence-electron chi connectivity index (χ2n) is 11.1. The summed E-state index contributed by atoms with van der Waals surface area (Å²) in [5.74, 6) is 0. The van der Waals surface area contributed by atoms with Crippen molar-refractivity contribution in [3.63, 3.8) is 0 Å². The molecule has 0 amide bonds. The minimum Gasteiger partial charge on any atom is -0.354 e. The first-order valence-corrected chi connectivity index (χ1v) is 14.4. The van der Waals surface area contributed by atoms with Gasteiger partial charge in [0.1, 0.15) is 0 Å². The summed E-state index contributed by atoms with van der Waals surface area (Å²) >= 11 is 0. The Labute approximate surface area is 243 Å². The van der Waals surface area contributed by atoms with Gasteiger partial charge in [-0.25, -0.2) is 0 Å². The molecule has 1 aliphatic carbocycles. The fraction of sp³-hybridized carbons (Fsp3) is 0. The van der Waals surface area contributed by atoms with Crippen LogP contribution in [0.2, 0.25) is 0 Å². The van der Waals surface area contributed by atoms with Gasteiger partial charge in [-0.1, -0.05) is 92.0 Å².